The number of hydrogen-bond acceptors (Lipinski definition) is 5. The van der Waals surface area contributed by atoms with Gasteiger partial charge in [0.1, 0.15) is 5.82 Å². The van der Waals surface area contributed by atoms with Crippen LogP contribution in [0.2, 0.25) is 0 Å². The van der Waals surface area contributed by atoms with Crippen molar-refractivity contribution < 1.29 is 13.2 Å². The largest absolute Gasteiger partial charge is 0.370 e. The second-order valence-electron chi connectivity index (χ2n) is 4.43. The second-order valence-corrected chi connectivity index (χ2v) is 6.36. The van der Waals surface area contributed by atoms with E-state index in [0.717, 1.165) is 13.0 Å². The van der Waals surface area contributed by atoms with E-state index in [1.807, 2.05) is 6.92 Å². The number of anilines is 1. The highest BCUT2D eigenvalue weighted by Crippen LogP contribution is 2.06. The topological polar surface area (TPSA) is 100 Å². The zero-order valence-corrected chi connectivity index (χ0v) is 13.2. The minimum absolute atomic E-state index is 0.0637. The number of hydrogen-bond donors (Lipinski definition) is 3. The zero-order valence-electron chi connectivity index (χ0n) is 12.3. The van der Waals surface area contributed by atoms with Crippen LogP contribution in [0.5, 0.6) is 0 Å². The minimum atomic E-state index is -3.32. The van der Waals surface area contributed by atoms with E-state index in [0.29, 0.717) is 17.9 Å². The summed E-state index contributed by atoms with van der Waals surface area (Å²) in [6, 6.07) is 3.23. The molecule has 0 saturated carbocycles. The maximum Gasteiger partial charge on any atom is 0.251 e. The lowest BCUT2D eigenvalue weighted by Gasteiger charge is -2.08. The Labute approximate surface area is 125 Å². The molecule has 1 heterocycles. The standard InChI is InChI=1S/C13H22N4O3S/c1-3-6-14-12-10-11(5-7-15-12)13(18)16-8-9-21(19,20)17-4-2/h5,7,10,17H,3-4,6,8-9H2,1-2H3,(H,14,15)(H,16,18). The summed E-state index contributed by atoms with van der Waals surface area (Å²) < 4.78 is 25.2. The van der Waals surface area contributed by atoms with Gasteiger partial charge < -0.3 is 10.6 Å². The molecule has 0 aromatic carbocycles. The molecular formula is C13H22N4O3S. The van der Waals surface area contributed by atoms with Crippen molar-refractivity contribution in [2.75, 3.05) is 30.7 Å². The number of rotatable bonds is 9. The van der Waals surface area contributed by atoms with Gasteiger partial charge in [-0.15, -0.1) is 0 Å². The molecule has 21 heavy (non-hydrogen) atoms. The molecule has 1 aromatic heterocycles. The Hall–Kier alpha value is -1.67. The SMILES string of the molecule is CCCNc1cc(C(=O)NCCS(=O)(=O)NCC)ccn1. The zero-order chi connectivity index (χ0) is 15.7. The molecule has 0 bridgehead atoms. The molecule has 0 radical (unpaired) electrons. The van der Waals surface area contributed by atoms with Gasteiger partial charge in [0.2, 0.25) is 10.0 Å². The number of carbonyl (C=O) groups excluding carboxylic acids is 1. The Balaban J connectivity index is 2.52. The minimum Gasteiger partial charge on any atom is -0.370 e. The van der Waals surface area contributed by atoms with Crippen molar-refractivity contribution in [2.45, 2.75) is 20.3 Å². The smallest absolute Gasteiger partial charge is 0.251 e. The normalized spacial score (nSPS) is 11.1. The van der Waals surface area contributed by atoms with Gasteiger partial charge in [0.25, 0.3) is 5.91 Å². The molecule has 0 atom stereocenters. The number of nitrogens with one attached hydrogen (secondary N) is 3. The van der Waals surface area contributed by atoms with E-state index >= 15 is 0 Å². The Morgan fingerprint density at radius 2 is 2.05 bits per heavy atom. The van der Waals surface area contributed by atoms with E-state index < -0.39 is 10.0 Å². The number of aromatic nitrogens is 1. The molecule has 1 aromatic rings. The van der Waals surface area contributed by atoms with Gasteiger partial charge in [-0.1, -0.05) is 13.8 Å². The van der Waals surface area contributed by atoms with E-state index in [1.165, 1.54) is 0 Å². The molecule has 118 valence electrons. The van der Waals surface area contributed by atoms with E-state index in [4.69, 9.17) is 0 Å². The van der Waals surface area contributed by atoms with Gasteiger partial charge in [-0.05, 0) is 18.6 Å². The van der Waals surface area contributed by atoms with Crippen LogP contribution in [0.1, 0.15) is 30.6 Å². The molecule has 0 aliphatic heterocycles. The first kappa shape index (κ1) is 17.4. The van der Waals surface area contributed by atoms with Crippen LogP contribution in [-0.2, 0) is 10.0 Å². The van der Waals surface area contributed by atoms with Gasteiger partial charge in [0.05, 0.1) is 5.75 Å². The fourth-order valence-electron chi connectivity index (χ4n) is 1.61. The van der Waals surface area contributed by atoms with Crippen molar-refractivity contribution in [2.24, 2.45) is 0 Å². The molecule has 0 spiro atoms. The first-order chi connectivity index (χ1) is 9.98. The molecule has 0 fully saturated rings. The first-order valence-corrected chi connectivity index (χ1v) is 8.59. The summed E-state index contributed by atoms with van der Waals surface area (Å²) in [7, 11) is -3.32. The Morgan fingerprint density at radius 3 is 2.71 bits per heavy atom. The van der Waals surface area contributed by atoms with Gasteiger partial charge in [-0.2, -0.15) is 0 Å². The van der Waals surface area contributed by atoms with Crippen LogP contribution in [0.15, 0.2) is 18.3 Å². The fraction of sp³-hybridized carbons (Fsp3) is 0.538. The van der Waals surface area contributed by atoms with Crippen LogP contribution in [0.3, 0.4) is 0 Å². The van der Waals surface area contributed by atoms with Crippen LogP contribution in [0.4, 0.5) is 5.82 Å². The number of pyridine rings is 1. The molecule has 1 amide bonds. The molecule has 0 saturated heterocycles. The van der Waals surface area contributed by atoms with Crippen LogP contribution in [0, 0.1) is 0 Å². The molecule has 0 unspecified atom stereocenters. The van der Waals surface area contributed by atoms with Crippen LogP contribution < -0.4 is 15.4 Å². The highest BCUT2D eigenvalue weighted by molar-refractivity contribution is 7.89. The summed E-state index contributed by atoms with van der Waals surface area (Å²) in [5, 5.41) is 5.67. The van der Waals surface area contributed by atoms with Gasteiger partial charge in [-0.3, -0.25) is 4.79 Å². The third-order valence-corrected chi connectivity index (χ3v) is 4.07. The van der Waals surface area contributed by atoms with Crippen LogP contribution in [-0.4, -0.2) is 44.7 Å². The highest BCUT2D eigenvalue weighted by atomic mass is 32.2. The first-order valence-electron chi connectivity index (χ1n) is 6.94. The monoisotopic (exact) mass is 314 g/mol. The predicted octanol–water partition coefficient (Wildman–Crippen LogP) is 0.573. The van der Waals surface area contributed by atoms with Crippen LogP contribution >= 0.6 is 0 Å². The number of amides is 1. The average molecular weight is 314 g/mol. The van der Waals surface area contributed by atoms with E-state index in [1.54, 1.807) is 25.3 Å². The summed E-state index contributed by atoms with van der Waals surface area (Å²) in [5.41, 5.74) is 0.449. The van der Waals surface area contributed by atoms with E-state index in [-0.39, 0.29) is 18.2 Å². The maximum atomic E-state index is 11.9. The lowest BCUT2D eigenvalue weighted by Crippen LogP contribution is -2.34. The second kappa shape index (κ2) is 8.58. The van der Waals surface area contributed by atoms with Crippen molar-refractivity contribution in [3.8, 4) is 0 Å². The number of sulfonamides is 1. The predicted molar refractivity (Wildman–Crippen MR) is 82.8 cm³/mol. The van der Waals surface area contributed by atoms with Crippen molar-refractivity contribution >= 4 is 21.7 Å². The average Bonchev–Trinajstić information content (AvgIpc) is 2.45. The van der Waals surface area contributed by atoms with Crippen LogP contribution in [0.25, 0.3) is 0 Å². The van der Waals surface area contributed by atoms with Crippen molar-refractivity contribution in [1.82, 2.24) is 15.0 Å². The summed E-state index contributed by atoms with van der Waals surface area (Å²) in [4.78, 5) is 16.0. The number of nitrogens with zero attached hydrogens (tertiary/aromatic N) is 1. The Kier molecular flexibility index (Phi) is 7.10. The third-order valence-electron chi connectivity index (χ3n) is 2.60. The van der Waals surface area contributed by atoms with Crippen molar-refractivity contribution in [3.05, 3.63) is 23.9 Å². The Bertz CT molecular complexity index is 560. The lowest BCUT2D eigenvalue weighted by molar-refractivity contribution is 0.0956. The van der Waals surface area contributed by atoms with Gasteiger partial charge in [0, 0.05) is 31.4 Å². The molecule has 1 rings (SSSR count). The summed E-state index contributed by atoms with van der Waals surface area (Å²) in [6.45, 7) is 4.92. The van der Waals surface area contributed by atoms with Crippen molar-refractivity contribution in [3.63, 3.8) is 0 Å². The summed E-state index contributed by atoms with van der Waals surface area (Å²) in [6.07, 6.45) is 2.50. The van der Waals surface area contributed by atoms with Crippen molar-refractivity contribution in [1.29, 1.82) is 0 Å². The molecule has 7 nitrogen and oxygen atoms in total. The molecule has 0 aliphatic carbocycles. The maximum absolute atomic E-state index is 11.9. The van der Waals surface area contributed by atoms with E-state index in [9.17, 15) is 13.2 Å². The molecule has 8 heteroatoms. The van der Waals surface area contributed by atoms with E-state index in [2.05, 4.69) is 20.3 Å². The lowest BCUT2D eigenvalue weighted by atomic mass is 10.2. The third kappa shape index (κ3) is 6.54. The van der Waals surface area contributed by atoms with Gasteiger partial charge in [-0.25, -0.2) is 18.1 Å². The summed E-state index contributed by atoms with van der Waals surface area (Å²) in [5.74, 6) is 0.173. The number of carbonyl (C=O) groups is 1. The Morgan fingerprint density at radius 1 is 1.29 bits per heavy atom. The highest BCUT2D eigenvalue weighted by Gasteiger charge is 2.11. The molecule has 0 aliphatic rings. The summed E-state index contributed by atoms with van der Waals surface area (Å²) >= 11 is 0. The van der Waals surface area contributed by atoms with Gasteiger partial charge in [0.15, 0.2) is 0 Å². The quantitative estimate of drug-likeness (QED) is 0.619. The van der Waals surface area contributed by atoms with Gasteiger partial charge >= 0.3 is 0 Å². The molecular weight excluding hydrogens is 292 g/mol. The molecule has 3 N–H and O–H groups in total. The fourth-order valence-corrected chi connectivity index (χ4v) is 2.57.